The van der Waals surface area contributed by atoms with E-state index in [-0.39, 0.29) is 104 Å². The summed E-state index contributed by atoms with van der Waals surface area (Å²) in [6.45, 7) is 4.88. The Morgan fingerprint density at radius 1 is 0.917 bits per heavy atom. The van der Waals surface area contributed by atoms with Crippen molar-refractivity contribution in [1.82, 2.24) is 30.3 Å². The number of fused-ring (bicyclic) bond motifs is 2. The number of unbranched alkanes of at least 4 members (excludes halogenated alkanes) is 2. The number of hydrogen-bond acceptors (Lipinski definition) is 12. The van der Waals surface area contributed by atoms with Crippen LogP contribution in [0.3, 0.4) is 0 Å². The van der Waals surface area contributed by atoms with E-state index in [1.165, 1.54) is 25.5 Å². The number of ether oxygens (including phenoxy) is 2. The number of urea groups is 1. The number of imide groups is 1. The Balaban J connectivity index is 0.938. The first-order valence-electron chi connectivity index (χ1n) is 24.4. The minimum atomic E-state index is -1.40. The van der Waals surface area contributed by atoms with Crippen LogP contribution in [0.5, 0.6) is 5.75 Å². The van der Waals surface area contributed by atoms with Gasteiger partial charge in [0.2, 0.25) is 23.2 Å². The van der Waals surface area contributed by atoms with Gasteiger partial charge in [-0.05, 0) is 87.0 Å². The summed E-state index contributed by atoms with van der Waals surface area (Å²) in [6.07, 6.45) is 8.24. The number of primary amides is 1. The van der Waals surface area contributed by atoms with Gasteiger partial charge in [0.15, 0.2) is 11.6 Å². The van der Waals surface area contributed by atoms with Crippen LogP contribution in [0.15, 0.2) is 53.5 Å². The lowest BCUT2D eigenvalue weighted by molar-refractivity contribution is -0.137. The Labute approximate surface area is 414 Å². The highest BCUT2D eigenvalue weighted by atomic mass is 19.1. The van der Waals surface area contributed by atoms with Gasteiger partial charge < -0.3 is 55.9 Å². The number of nitrogens with one attached hydrogen (secondary N) is 4. The molecule has 7 rings (SSSR count). The van der Waals surface area contributed by atoms with Gasteiger partial charge in [-0.25, -0.2) is 18.8 Å². The van der Waals surface area contributed by atoms with Crippen molar-refractivity contribution in [2.75, 3.05) is 50.1 Å². The number of carboxylic acid groups (broad SMARTS) is 1. The van der Waals surface area contributed by atoms with Gasteiger partial charge in [-0.15, -0.1) is 0 Å². The molecule has 1 saturated carbocycles. The predicted molar refractivity (Wildman–Crippen MR) is 260 cm³/mol. The summed E-state index contributed by atoms with van der Waals surface area (Å²) < 4.78 is 29.5. The Bertz CT molecular complexity index is 2670. The first-order valence-corrected chi connectivity index (χ1v) is 24.4. The molecule has 0 spiro atoms. The first kappa shape index (κ1) is 52.3. The summed E-state index contributed by atoms with van der Waals surface area (Å²) in [5.41, 5.74) is 5.44. The molecule has 3 aromatic rings. The third kappa shape index (κ3) is 12.3. The van der Waals surface area contributed by atoms with Crippen LogP contribution in [0.25, 0.3) is 10.9 Å². The standard InChI is InChI=1S/C50H62FN9O12/c1-28(2)41(56-38(61)11-5-4-6-21-59-39(62)18-19-40(59)63)47(66)55-36(10-7-20-53-49(52)69)46(65)54-31-14-12-29(13-15-31)27-72-50(70)58-22-8-9-30-24-57(26-37(30)58)43-35(51)23-33-42(45(43)71-3)60(32-16-17-32)25-34(44(33)64)48(67)68/h12-15,18-19,23,25,28,30,32,36-37,41H,4-11,16-17,20-22,24,26-27H2,1-3H3,(H,54,65)(H,55,66)(H,56,61)(H,67,68)(H3,52,53,69)/t30-,36-,37+,41?/m0/s1. The maximum absolute atomic E-state index is 16.2. The lowest BCUT2D eigenvalue weighted by Crippen LogP contribution is -2.54. The van der Waals surface area contributed by atoms with Gasteiger partial charge in [0, 0.05) is 69.2 Å². The number of nitrogens with zero attached hydrogens (tertiary/aromatic N) is 4. The number of piperidine rings is 1. The van der Waals surface area contributed by atoms with Crippen molar-refractivity contribution in [3.05, 3.63) is 75.8 Å². The van der Waals surface area contributed by atoms with Crippen molar-refractivity contribution < 1.29 is 57.3 Å². The Hall–Kier alpha value is -7.52. The van der Waals surface area contributed by atoms with E-state index in [1.54, 1.807) is 47.6 Å². The molecule has 2 saturated heterocycles. The molecule has 4 heterocycles. The Morgan fingerprint density at radius 2 is 1.64 bits per heavy atom. The molecule has 22 heteroatoms. The first-order chi connectivity index (χ1) is 34.4. The summed E-state index contributed by atoms with van der Waals surface area (Å²) >= 11 is 0. The zero-order chi connectivity index (χ0) is 51.8. The van der Waals surface area contributed by atoms with Crippen LogP contribution in [0.4, 0.5) is 25.4 Å². The number of benzene rings is 2. The number of rotatable bonds is 22. The van der Waals surface area contributed by atoms with Gasteiger partial charge in [0.1, 0.15) is 29.9 Å². The summed E-state index contributed by atoms with van der Waals surface area (Å²) in [7, 11) is 1.39. The van der Waals surface area contributed by atoms with Crippen molar-refractivity contribution >= 4 is 69.9 Å². The lowest BCUT2D eigenvalue weighted by Gasteiger charge is -2.35. The summed E-state index contributed by atoms with van der Waals surface area (Å²) in [5.74, 6) is -4.62. The fourth-order valence-electron chi connectivity index (χ4n) is 9.67. The molecule has 3 aliphatic heterocycles. The van der Waals surface area contributed by atoms with Gasteiger partial charge in [-0.1, -0.05) is 32.4 Å². The quantitative estimate of drug-likeness (QED) is 0.0616. The number of carboxylic acids is 1. The number of anilines is 2. The monoisotopic (exact) mass is 999 g/mol. The smallest absolute Gasteiger partial charge is 0.410 e. The minimum absolute atomic E-state index is 0.0222. The highest BCUT2D eigenvalue weighted by molar-refractivity contribution is 6.12. The molecule has 0 bridgehead atoms. The van der Waals surface area contributed by atoms with E-state index in [0.717, 1.165) is 30.2 Å². The topological polar surface area (TPSA) is 281 Å². The number of amides is 8. The molecule has 21 nitrogen and oxygen atoms in total. The number of carbonyl (C=O) groups excluding carboxylic acids is 7. The molecule has 72 heavy (non-hydrogen) atoms. The molecule has 0 radical (unpaired) electrons. The van der Waals surface area contributed by atoms with E-state index in [1.807, 2.05) is 4.90 Å². The van der Waals surface area contributed by atoms with E-state index in [4.69, 9.17) is 15.2 Å². The molecule has 4 aliphatic rings. The zero-order valence-corrected chi connectivity index (χ0v) is 40.6. The maximum Gasteiger partial charge on any atom is 0.410 e. The van der Waals surface area contributed by atoms with E-state index in [2.05, 4.69) is 21.3 Å². The fraction of sp³-hybridized carbons (Fsp3) is 0.500. The third-order valence-electron chi connectivity index (χ3n) is 13.5. The highest BCUT2D eigenvalue weighted by Crippen LogP contribution is 2.45. The van der Waals surface area contributed by atoms with E-state index >= 15 is 4.39 Å². The maximum atomic E-state index is 16.2. The second-order valence-electron chi connectivity index (χ2n) is 19.0. The van der Waals surface area contributed by atoms with Gasteiger partial charge >= 0.3 is 18.1 Å². The summed E-state index contributed by atoms with van der Waals surface area (Å²) in [4.78, 5) is 119. The van der Waals surface area contributed by atoms with Crippen LogP contribution in [0.2, 0.25) is 0 Å². The van der Waals surface area contributed by atoms with Crippen molar-refractivity contribution in [2.45, 2.75) is 109 Å². The molecular formula is C50H62FN9O12. The second-order valence-corrected chi connectivity index (χ2v) is 19.0. The third-order valence-corrected chi connectivity index (χ3v) is 13.5. The van der Waals surface area contributed by atoms with E-state index < -0.39 is 58.8 Å². The molecule has 3 fully saturated rings. The molecule has 4 atom stereocenters. The van der Waals surface area contributed by atoms with Gasteiger partial charge in [-0.3, -0.25) is 33.7 Å². The predicted octanol–water partition coefficient (Wildman–Crippen LogP) is 3.92. The number of pyridine rings is 1. The average molecular weight is 1000 g/mol. The van der Waals surface area contributed by atoms with Crippen molar-refractivity contribution in [2.24, 2.45) is 17.6 Å². The van der Waals surface area contributed by atoms with Crippen LogP contribution < -0.4 is 42.1 Å². The second kappa shape index (κ2) is 23.1. The largest absolute Gasteiger partial charge is 0.492 e. The van der Waals surface area contributed by atoms with Gasteiger partial charge in [0.05, 0.1) is 24.1 Å². The average Bonchev–Trinajstić information content (AvgIpc) is 4.02. The van der Waals surface area contributed by atoms with Crippen molar-refractivity contribution in [3.63, 3.8) is 0 Å². The van der Waals surface area contributed by atoms with Crippen LogP contribution in [0.1, 0.15) is 100 Å². The van der Waals surface area contributed by atoms with Crippen LogP contribution >= 0.6 is 0 Å². The Morgan fingerprint density at radius 3 is 2.29 bits per heavy atom. The van der Waals surface area contributed by atoms with E-state index in [9.17, 15) is 48.3 Å². The van der Waals surface area contributed by atoms with Crippen molar-refractivity contribution in [1.29, 1.82) is 0 Å². The summed E-state index contributed by atoms with van der Waals surface area (Å²) in [5, 5.41) is 20.4. The highest BCUT2D eigenvalue weighted by Gasteiger charge is 2.44. The van der Waals surface area contributed by atoms with Crippen molar-refractivity contribution in [3.8, 4) is 5.75 Å². The van der Waals surface area contributed by atoms with Crippen LogP contribution in [0, 0.1) is 17.7 Å². The Kier molecular flexibility index (Phi) is 16.8. The number of carbonyl (C=O) groups is 8. The fourth-order valence-corrected chi connectivity index (χ4v) is 9.67. The number of nitrogens with two attached hydrogens (primary N) is 1. The van der Waals surface area contributed by atoms with Crippen LogP contribution in [-0.4, -0.2) is 125 Å². The normalized spacial score (nSPS) is 18.2. The zero-order valence-electron chi connectivity index (χ0n) is 40.6. The number of likely N-dealkylation sites (tertiary alicyclic amines) is 1. The molecule has 1 aromatic heterocycles. The van der Waals surface area contributed by atoms with E-state index in [0.29, 0.717) is 55.5 Å². The molecule has 7 N–H and O–H groups in total. The number of aromatic carboxylic acids is 1. The number of methoxy groups -OCH3 is 1. The van der Waals surface area contributed by atoms with Crippen LogP contribution in [-0.2, 0) is 35.3 Å². The molecule has 1 aliphatic carbocycles. The molecule has 386 valence electrons. The van der Waals surface area contributed by atoms with Gasteiger partial charge in [-0.2, -0.15) is 0 Å². The summed E-state index contributed by atoms with van der Waals surface area (Å²) in [6, 6.07) is 4.49. The SMILES string of the molecule is COc1c(N2C[C@@H]3CCCN(C(=O)OCc4ccc(NC(=O)[C@H](CCCNC(N)=O)NC(=O)C(NC(=O)CCCCCN5C(=O)C=CC5=O)C(C)C)cc4)[C@@H]3C2)c(F)cc2c(=O)c(C(=O)O)cn(C3CC3)c12. The minimum Gasteiger partial charge on any atom is -0.492 e. The number of aromatic nitrogens is 1. The lowest BCUT2D eigenvalue weighted by atomic mass is 9.92. The molecule has 1 unspecified atom stereocenters. The number of halogens is 1. The molecule has 8 amide bonds. The number of hydrogen-bond donors (Lipinski definition) is 6. The molecular weight excluding hydrogens is 938 g/mol. The molecule has 2 aromatic carbocycles. The van der Waals surface area contributed by atoms with Gasteiger partial charge in [0.25, 0.3) is 11.8 Å².